The quantitative estimate of drug-likeness (QED) is 0.323. The summed E-state index contributed by atoms with van der Waals surface area (Å²) in [5, 5.41) is 13.0. The van der Waals surface area contributed by atoms with Crippen LogP contribution in [0.5, 0.6) is 0 Å². The van der Waals surface area contributed by atoms with Crippen LogP contribution in [-0.2, 0) is 18.6 Å². The second-order valence-electron chi connectivity index (χ2n) is 8.54. The summed E-state index contributed by atoms with van der Waals surface area (Å²) in [6.45, 7) is 3.46. The maximum atomic E-state index is 13.0. The van der Waals surface area contributed by atoms with Crippen LogP contribution in [0.2, 0.25) is 0 Å². The third kappa shape index (κ3) is 5.88. The Morgan fingerprint density at radius 2 is 2.14 bits per heavy atom. The molecule has 2 aliphatic heterocycles. The number of amides is 1. The Bertz CT molecular complexity index is 1180. The number of anilines is 1. The first-order valence-electron chi connectivity index (χ1n) is 11.9. The smallest absolute Gasteiger partial charge is 0.345 e. The number of nitrogens with zero attached hydrogens (tertiary/aromatic N) is 4. The molecule has 2 aliphatic rings. The Balaban J connectivity index is 1.56. The molecule has 198 valence electrons. The van der Waals surface area contributed by atoms with E-state index in [1.54, 1.807) is 42.1 Å². The van der Waals surface area contributed by atoms with Gasteiger partial charge in [-0.25, -0.2) is 9.18 Å². The highest BCUT2D eigenvalue weighted by Gasteiger charge is 2.65. The van der Waals surface area contributed by atoms with Crippen LogP contribution in [0, 0.1) is 11.3 Å². The van der Waals surface area contributed by atoms with Crippen LogP contribution in [0.25, 0.3) is 0 Å². The van der Waals surface area contributed by atoms with E-state index in [2.05, 4.69) is 10.3 Å². The largest absolute Gasteiger partial charge is 0.351 e. The Morgan fingerprint density at radius 1 is 1.35 bits per heavy atom. The van der Waals surface area contributed by atoms with Gasteiger partial charge in [-0.15, -0.1) is 0 Å². The first-order chi connectivity index (χ1) is 17.9. The Kier molecular flexibility index (Phi) is 8.97. The zero-order chi connectivity index (χ0) is 26.4. The number of benzene rings is 1. The van der Waals surface area contributed by atoms with E-state index in [1.807, 2.05) is 13.0 Å². The van der Waals surface area contributed by atoms with E-state index < -0.39 is 50.6 Å². The fourth-order valence-corrected chi connectivity index (χ4v) is 5.60. The van der Waals surface area contributed by atoms with Gasteiger partial charge in [-0.1, -0.05) is 25.1 Å². The number of carbonyl (C=O) groups is 1. The number of hydroxylamine groups is 2. The predicted octanol–water partition coefficient (Wildman–Crippen LogP) is 3.02. The summed E-state index contributed by atoms with van der Waals surface area (Å²) in [7, 11) is -1.36. The molecule has 5 atom stereocenters. The average molecular weight is 533 g/mol. The number of ether oxygens (including phenoxy) is 1. The summed E-state index contributed by atoms with van der Waals surface area (Å²) in [5.41, 5.74) is -1.04. The number of carbonyl (C=O) groups excluding carboxylic acids is 1. The molecule has 2 bridgehead atoms. The molecular weight excluding hydrogens is 504 g/mol. The van der Waals surface area contributed by atoms with Crippen molar-refractivity contribution in [2.75, 3.05) is 38.4 Å². The molecule has 11 nitrogen and oxygen atoms in total. The minimum atomic E-state index is -1.36. The van der Waals surface area contributed by atoms with E-state index in [4.69, 9.17) is 23.9 Å². The normalized spacial score (nSPS) is 25.6. The van der Waals surface area contributed by atoms with Gasteiger partial charge < -0.3 is 19.1 Å². The number of nitrogens with one attached hydrogen (secondary N) is 1. The minimum absolute atomic E-state index is 0.102. The van der Waals surface area contributed by atoms with Crippen molar-refractivity contribution in [3.8, 4) is 6.07 Å². The molecule has 3 heterocycles. The first kappa shape index (κ1) is 27.3. The predicted molar refractivity (Wildman–Crippen MR) is 132 cm³/mol. The molecule has 4 rings (SSSR count). The summed E-state index contributed by atoms with van der Waals surface area (Å²) < 4.78 is 32.6. The molecule has 13 heteroatoms. The number of alkyl halides is 1. The van der Waals surface area contributed by atoms with Gasteiger partial charge in [-0.3, -0.25) is 14.2 Å². The molecule has 0 radical (unpaired) electrons. The molecule has 37 heavy (non-hydrogen) atoms. The van der Waals surface area contributed by atoms with E-state index in [1.165, 1.54) is 16.8 Å². The van der Waals surface area contributed by atoms with Gasteiger partial charge in [0.2, 0.25) is 0 Å². The lowest BCUT2D eigenvalue weighted by molar-refractivity contribution is -0.250. The Labute approximate surface area is 215 Å². The molecule has 2 aromatic rings. The van der Waals surface area contributed by atoms with Crippen LogP contribution in [0.15, 0.2) is 47.4 Å². The molecule has 1 amide bonds. The summed E-state index contributed by atoms with van der Waals surface area (Å²) in [4.78, 5) is 35.2. The van der Waals surface area contributed by atoms with E-state index in [0.717, 1.165) is 0 Å². The van der Waals surface area contributed by atoms with Gasteiger partial charge in [0.1, 0.15) is 30.2 Å². The van der Waals surface area contributed by atoms with Gasteiger partial charge in [-0.05, 0) is 24.6 Å². The second-order valence-corrected chi connectivity index (χ2v) is 9.89. The average Bonchev–Trinajstić information content (AvgIpc) is 3.37. The first-order valence-corrected chi connectivity index (χ1v) is 13.5. The number of hydrogen-bond donors (Lipinski definition) is 1. The van der Waals surface area contributed by atoms with Gasteiger partial charge in [-0.2, -0.15) is 15.3 Å². The lowest BCUT2D eigenvalue weighted by Gasteiger charge is -2.36. The molecule has 1 unspecified atom stereocenters. The molecule has 2 saturated heterocycles. The molecule has 0 aliphatic carbocycles. The van der Waals surface area contributed by atoms with Crippen LogP contribution in [0.1, 0.15) is 36.4 Å². The maximum Gasteiger partial charge on any atom is 0.351 e. The molecule has 0 saturated carbocycles. The van der Waals surface area contributed by atoms with Crippen LogP contribution in [0.3, 0.4) is 0 Å². The fraction of sp³-hybridized carbons (Fsp3) is 0.500. The minimum Gasteiger partial charge on any atom is -0.345 e. The highest BCUT2D eigenvalue weighted by molar-refractivity contribution is 7.46. The number of morpholine rings is 1. The highest BCUT2D eigenvalue weighted by Crippen LogP contribution is 2.53. The van der Waals surface area contributed by atoms with Crippen LogP contribution in [-0.4, -0.2) is 71.4 Å². The van der Waals surface area contributed by atoms with Crippen LogP contribution in [0.4, 0.5) is 10.2 Å². The lowest BCUT2D eigenvalue weighted by Crippen LogP contribution is -2.47. The van der Waals surface area contributed by atoms with Crippen molar-refractivity contribution in [2.45, 2.75) is 43.7 Å². The molecule has 1 aromatic heterocycles. The number of hydrogen-bond acceptors (Lipinski definition) is 9. The third-order valence-electron chi connectivity index (χ3n) is 6.30. The van der Waals surface area contributed by atoms with Crippen LogP contribution >= 0.6 is 8.38 Å². The molecule has 0 spiro atoms. The molecular formula is C24H29FN5O6P. The SMILES string of the molecule is CC[C@@]12CN(OCCF)[C@@H]([C@H](n3ccc(NC(=O)c4ccccc4)nc3=O)O1)[C@@H]2OP(C)OCCC#N. The van der Waals surface area contributed by atoms with Gasteiger partial charge in [0.25, 0.3) is 5.91 Å². The van der Waals surface area contributed by atoms with Gasteiger partial charge in [0, 0.05) is 18.4 Å². The Morgan fingerprint density at radius 3 is 2.81 bits per heavy atom. The van der Waals surface area contributed by atoms with E-state index in [-0.39, 0.29) is 25.5 Å². The number of aromatic nitrogens is 2. The van der Waals surface area contributed by atoms with E-state index in [9.17, 15) is 14.0 Å². The van der Waals surface area contributed by atoms with Crippen molar-refractivity contribution >= 4 is 20.1 Å². The molecule has 2 fully saturated rings. The third-order valence-corrected chi connectivity index (χ3v) is 7.37. The maximum absolute atomic E-state index is 13.0. The van der Waals surface area contributed by atoms with Gasteiger partial charge in [0.15, 0.2) is 14.6 Å². The van der Waals surface area contributed by atoms with E-state index in [0.29, 0.717) is 18.5 Å². The number of fused-ring (bicyclic) bond motifs is 2. The number of nitriles is 1. The van der Waals surface area contributed by atoms with Crippen molar-refractivity contribution in [1.29, 1.82) is 5.26 Å². The van der Waals surface area contributed by atoms with Crippen molar-refractivity contribution < 1.29 is 27.8 Å². The second kappa shape index (κ2) is 12.2. The zero-order valence-corrected chi connectivity index (χ0v) is 21.5. The number of rotatable bonds is 12. The van der Waals surface area contributed by atoms with Crippen molar-refractivity contribution in [1.82, 2.24) is 14.6 Å². The van der Waals surface area contributed by atoms with Crippen molar-refractivity contribution in [3.63, 3.8) is 0 Å². The lowest BCUT2D eigenvalue weighted by atomic mass is 9.96. The standard InChI is InChI=1S/C24H29FN5O6P/c1-3-24-16-30(33-15-11-25)19(20(24)36-37(2)34-14-7-12-26)22(35-24)29-13-10-18(28-23(29)32)27-21(31)17-8-5-4-6-9-17/h4-6,8-10,13,19-20,22H,3,7,11,14-16H2,1-2H3,(H,27,28,31,32)/t19-,20+,22-,24+,37?/m1/s1. The summed E-state index contributed by atoms with van der Waals surface area (Å²) in [6, 6.07) is 11.5. The van der Waals surface area contributed by atoms with Crippen molar-refractivity contribution in [2.24, 2.45) is 0 Å². The summed E-state index contributed by atoms with van der Waals surface area (Å²) in [6.07, 6.45) is 0.897. The monoisotopic (exact) mass is 533 g/mol. The summed E-state index contributed by atoms with van der Waals surface area (Å²) >= 11 is 0. The Hall–Kier alpha value is -2.78. The van der Waals surface area contributed by atoms with E-state index >= 15 is 0 Å². The van der Waals surface area contributed by atoms with Gasteiger partial charge >= 0.3 is 5.69 Å². The van der Waals surface area contributed by atoms with Crippen LogP contribution < -0.4 is 11.0 Å². The van der Waals surface area contributed by atoms with Gasteiger partial charge in [0.05, 0.1) is 32.2 Å². The molecule has 1 N–H and O–H groups in total. The fourth-order valence-electron chi connectivity index (χ4n) is 4.55. The van der Waals surface area contributed by atoms with Crippen molar-refractivity contribution in [3.05, 3.63) is 58.6 Å². The zero-order valence-electron chi connectivity index (χ0n) is 20.6. The number of halogens is 1. The molecule has 1 aromatic carbocycles. The summed E-state index contributed by atoms with van der Waals surface area (Å²) in [5.74, 6) is -0.289. The topological polar surface area (TPSA) is 128 Å². The highest BCUT2D eigenvalue weighted by atomic mass is 31.2.